The zero-order valence-corrected chi connectivity index (χ0v) is 17.0. The minimum Gasteiger partial charge on any atom is -0.347 e. The molecule has 0 spiro atoms. The lowest BCUT2D eigenvalue weighted by Gasteiger charge is -2.10. The molecule has 5 nitrogen and oxygen atoms in total. The molecule has 0 radical (unpaired) electrons. The van der Waals surface area contributed by atoms with Gasteiger partial charge in [-0.05, 0) is 57.9 Å². The molecule has 1 aliphatic heterocycles. The second-order valence-electron chi connectivity index (χ2n) is 7.68. The molecule has 0 fully saturated rings. The van der Waals surface area contributed by atoms with Crippen LogP contribution in [0.4, 0.5) is 11.4 Å². The van der Waals surface area contributed by atoms with Gasteiger partial charge in [0.2, 0.25) is 0 Å². The number of aromatic nitrogens is 1. The quantitative estimate of drug-likeness (QED) is 0.671. The number of anilines is 2. The molecule has 3 aromatic rings. The number of hydrogen-bond donors (Lipinski definition) is 2. The van der Waals surface area contributed by atoms with E-state index in [2.05, 4.69) is 15.2 Å². The van der Waals surface area contributed by atoms with E-state index in [0.29, 0.717) is 11.1 Å². The van der Waals surface area contributed by atoms with Gasteiger partial charge in [0.05, 0.1) is 11.1 Å². The van der Waals surface area contributed by atoms with Crippen LogP contribution in [0.3, 0.4) is 0 Å². The third-order valence-electron chi connectivity index (χ3n) is 5.50. The first-order valence-corrected chi connectivity index (χ1v) is 9.92. The summed E-state index contributed by atoms with van der Waals surface area (Å²) in [5.41, 5.74) is 6.44. The maximum atomic E-state index is 13.2. The highest BCUT2D eigenvalue weighted by atomic mass is 16.2. The van der Waals surface area contributed by atoms with Crippen LogP contribution in [0.2, 0.25) is 0 Å². The Morgan fingerprint density at radius 1 is 0.759 bits per heavy atom. The second kappa shape index (κ2) is 7.59. The van der Waals surface area contributed by atoms with E-state index >= 15 is 0 Å². The molecular weight excluding hydrogens is 362 g/mol. The van der Waals surface area contributed by atoms with Crippen molar-refractivity contribution in [2.75, 3.05) is 10.6 Å². The highest BCUT2D eigenvalue weighted by Crippen LogP contribution is 2.30. The van der Waals surface area contributed by atoms with Gasteiger partial charge in [0.1, 0.15) is 0 Å². The highest BCUT2D eigenvalue weighted by Gasteiger charge is 2.31. The van der Waals surface area contributed by atoms with Crippen molar-refractivity contribution in [3.05, 3.63) is 82.2 Å². The Labute approximate surface area is 170 Å². The van der Waals surface area contributed by atoms with Crippen LogP contribution < -0.4 is 10.6 Å². The van der Waals surface area contributed by atoms with Gasteiger partial charge in [-0.3, -0.25) is 9.59 Å². The number of amides is 2. The number of carbonyl (C=O) groups excluding carboxylic acids is 2. The molecule has 0 atom stereocenters. The molecule has 0 unspecified atom stereocenters. The number of nitrogens with one attached hydrogen (secondary N) is 2. The minimum atomic E-state index is -0.248. The van der Waals surface area contributed by atoms with E-state index in [0.717, 1.165) is 53.3 Å². The van der Waals surface area contributed by atoms with E-state index in [9.17, 15) is 9.59 Å². The van der Waals surface area contributed by atoms with Gasteiger partial charge in [-0.2, -0.15) is 0 Å². The zero-order valence-electron chi connectivity index (χ0n) is 17.0. The Morgan fingerprint density at radius 3 is 1.76 bits per heavy atom. The van der Waals surface area contributed by atoms with Crippen molar-refractivity contribution < 1.29 is 9.59 Å². The fourth-order valence-corrected chi connectivity index (χ4v) is 3.95. The van der Waals surface area contributed by atoms with E-state index in [1.807, 2.05) is 69.3 Å². The third kappa shape index (κ3) is 3.68. The van der Waals surface area contributed by atoms with Crippen molar-refractivity contribution in [3.8, 4) is 0 Å². The van der Waals surface area contributed by atoms with E-state index in [1.54, 1.807) is 0 Å². The van der Waals surface area contributed by atoms with Gasteiger partial charge in [0.25, 0.3) is 11.8 Å². The van der Waals surface area contributed by atoms with Crippen molar-refractivity contribution in [1.29, 1.82) is 0 Å². The Bertz CT molecular complexity index is 1080. The van der Waals surface area contributed by atoms with Crippen LogP contribution in [0.1, 0.15) is 49.7 Å². The third-order valence-corrected chi connectivity index (χ3v) is 5.50. The fourth-order valence-electron chi connectivity index (χ4n) is 3.95. The lowest BCUT2D eigenvalue weighted by Crippen LogP contribution is -2.20. The number of benzene rings is 2. The van der Waals surface area contributed by atoms with E-state index in [1.165, 1.54) is 0 Å². The summed E-state index contributed by atoms with van der Waals surface area (Å²) in [4.78, 5) is 26.3. The molecule has 29 heavy (non-hydrogen) atoms. The van der Waals surface area contributed by atoms with Crippen LogP contribution in [0.25, 0.3) is 0 Å². The van der Waals surface area contributed by atoms with Crippen LogP contribution in [0, 0.1) is 20.8 Å². The summed E-state index contributed by atoms with van der Waals surface area (Å²) < 4.78 is 2.11. The van der Waals surface area contributed by atoms with Crippen LogP contribution in [0.5, 0.6) is 0 Å². The number of hydrogen-bond acceptors (Lipinski definition) is 2. The lowest BCUT2D eigenvalue weighted by atomic mass is 10.0. The van der Waals surface area contributed by atoms with Gasteiger partial charge in [-0.1, -0.05) is 35.4 Å². The molecule has 2 aromatic carbocycles. The Morgan fingerprint density at radius 2 is 1.24 bits per heavy atom. The van der Waals surface area contributed by atoms with Crippen LogP contribution in [0.15, 0.2) is 48.5 Å². The van der Waals surface area contributed by atoms with Gasteiger partial charge in [0, 0.05) is 29.3 Å². The summed E-state index contributed by atoms with van der Waals surface area (Å²) in [5, 5.41) is 5.91. The van der Waals surface area contributed by atoms with Gasteiger partial charge in [-0.15, -0.1) is 0 Å². The topological polar surface area (TPSA) is 63.1 Å². The van der Waals surface area contributed by atoms with Crippen molar-refractivity contribution in [2.45, 2.75) is 40.2 Å². The summed E-state index contributed by atoms with van der Waals surface area (Å²) >= 11 is 0. The van der Waals surface area contributed by atoms with E-state index in [-0.39, 0.29) is 11.8 Å². The molecule has 1 aromatic heterocycles. The van der Waals surface area contributed by atoms with Gasteiger partial charge in [0.15, 0.2) is 0 Å². The van der Waals surface area contributed by atoms with Gasteiger partial charge >= 0.3 is 0 Å². The Balaban J connectivity index is 1.68. The predicted octanol–water partition coefficient (Wildman–Crippen LogP) is 4.86. The molecule has 148 valence electrons. The van der Waals surface area contributed by atoms with Gasteiger partial charge in [-0.25, -0.2) is 0 Å². The fraction of sp³-hybridized carbons (Fsp3) is 0.250. The maximum Gasteiger partial charge on any atom is 0.258 e. The summed E-state index contributed by atoms with van der Waals surface area (Å²) in [6.07, 6.45) is 1.79. The normalized spacial score (nSPS) is 12.5. The monoisotopic (exact) mass is 387 g/mol. The number of carbonyl (C=O) groups is 2. The largest absolute Gasteiger partial charge is 0.347 e. The molecule has 1 aliphatic rings. The standard InChI is InChI=1S/C24H25N3O2/c1-15-6-10-18(11-7-15)25-23(28)21-17(3)27-14-4-5-20(27)22(21)24(29)26-19-12-8-16(2)9-13-19/h6-13H,4-5,14H2,1-3H3,(H,25,28)(H,26,29). The van der Waals surface area contributed by atoms with Crippen molar-refractivity contribution in [3.63, 3.8) is 0 Å². The van der Waals surface area contributed by atoms with Crippen LogP contribution in [-0.2, 0) is 13.0 Å². The first kappa shape index (κ1) is 19.0. The van der Waals surface area contributed by atoms with E-state index in [4.69, 9.17) is 0 Å². The predicted molar refractivity (Wildman–Crippen MR) is 116 cm³/mol. The second-order valence-corrected chi connectivity index (χ2v) is 7.68. The SMILES string of the molecule is Cc1ccc(NC(=O)c2c(C(=O)Nc3ccc(C)cc3)c3n(c2C)CCC3)cc1. The lowest BCUT2D eigenvalue weighted by molar-refractivity contribution is 0.0990. The molecule has 0 aliphatic carbocycles. The number of rotatable bonds is 4. The minimum absolute atomic E-state index is 0.235. The Hall–Kier alpha value is -3.34. The van der Waals surface area contributed by atoms with Crippen molar-refractivity contribution in [2.24, 2.45) is 0 Å². The van der Waals surface area contributed by atoms with E-state index < -0.39 is 0 Å². The zero-order chi connectivity index (χ0) is 20.5. The molecule has 2 heterocycles. The summed E-state index contributed by atoms with van der Waals surface area (Å²) in [6, 6.07) is 15.3. The summed E-state index contributed by atoms with van der Waals surface area (Å²) in [7, 11) is 0. The molecule has 5 heteroatoms. The summed E-state index contributed by atoms with van der Waals surface area (Å²) in [6.45, 7) is 6.76. The first-order valence-electron chi connectivity index (χ1n) is 9.92. The molecule has 0 saturated carbocycles. The van der Waals surface area contributed by atoms with Crippen LogP contribution >= 0.6 is 0 Å². The number of fused-ring (bicyclic) bond motifs is 1. The maximum absolute atomic E-state index is 13.2. The average molecular weight is 387 g/mol. The highest BCUT2D eigenvalue weighted by molar-refractivity contribution is 6.17. The van der Waals surface area contributed by atoms with Crippen LogP contribution in [-0.4, -0.2) is 16.4 Å². The molecule has 2 amide bonds. The molecule has 4 rings (SSSR count). The molecule has 2 N–H and O–H groups in total. The smallest absolute Gasteiger partial charge is 0.258 e. The van der Waals surface area contributed by atoms with Crippen molar-refractivity contribution in [1.82, 2.24) is 4.57 Å². The number of aryl methyl sites for hydroxylation is 2. The van der Waals surface area contributed by atoms with Gasteiger partial charge < -0.3 is 15.2 Å². The molecular formula is C24H25N3O2. The molecule has 0 bridgehead atoms. The first-order chi connectivity index (χ1) is 13.9. The summed E-state index contributed by atoms with van der Waals surface area (Å²) in [5.74, 6) is -0.482. The Kier molecular flexibility index (Phi) is 4.97. The molecule has 0 saturated heterocycles. The average Bonchev–Trinajstić information content (AvgIpc) is 3.27. The number of nitrogens with zero attached hydrogens (tertiary/aromatic N) is 1. The van der Waals surface area contributed by atoms with Crippen molar-refractivity contribution >= 4 is 23.2 Å².